The molecule has 1 saturated carbocycles. The minimum atomic E-state index is 0.380. The summed E-state index contributed by atoms with van der Waals surface area (Å²) in [7, 11) is 8.07. The second kappa shape index (κ2) is 1.54. The van der Waals surface area contributed by atoms with E-state index in [4.69, 9.17) is 7.85 Å². The molecule has 0 saturated heterocycles. The maximum Gasteiger partial charge on any atom is 0.0759 e. The van der Waals surface area contributed by atoms with E-state index in [9.17, 15) is 0 Å². The zero-order chi connectivity index (χ0) is 4.57. The molecule has 1 aliphatic rings. The van der Waals surface area contributed by atoms with Gasteiger partial charge in [-0.1, -0.05) is 18.4 Å². The van der Waals surface area contributed by atoms with Crippen molar-refractivity contribution >= 4 is 17.1 Å². The first-order chi connectivity index (χ1) is 2.80. The van der Waals surface area contributed by atoms with Crippen molar-refractivity contribution in [2.75, 3.05) is 0 Å². The second-order valence-electron chi connectivity index (χ2n) is 1.91. The van der Waals surface area contributed by atoms with E-state index in [-0.39, 0.29) is 0 Å². The first-order valence-corrected chi connectivity index (χ1v) is 2.98. The van der Waals surface area contributed by atoms with Gasteiger partial charge < -0.3 is 0 Å². The molecule has 0 aromatic carbocycles. The topological polar surface area (TPSA) is 0 Å². The van der Waals surface area contributed by atoms with Crippen LogP contribution in [0.4, 0.5) is 0 Å². The van der Waals surface area contributed by atoms with Crippen molar-refractivity contribution < 1.29 is 0 Å². The van der Waals surface area contributed by atoms with Gasteiger partial charge in [-0.05, 0) is 5.92 Å². The Kier molecular flexibility index (Phi) is 1.19. The maximum atomic E-state index is 5.46. The molecule has 0 amide bonds. The Labute approximate surface area is 42.3 Å². The Hall–Kier alpha value is 0.495. The molecule has 6 heavy (non-hydrogen) atoms. The summed E-state index contributed by atoms with van der Waals surface area (Å²) in [5.74, 6) is 0.843. The van der Waals surface area contributed by atoms with Gasteiger partial charge in [-0.3, -0.25) is 0 Å². The van der Waals surface area contributed by atoms with Gasteiger partial charge in [0, 0.05) is 0 Å². The molecule has 0 bridgehead atoms. The smallest absolute Gasteiger partial charge is 0.0759 e. The van der Waals surface area contributed by atoms with Crippen molar-refractivity contribution in [3.8, 4) is 0 Å². The molecule has 32 valence electrons. The molecule has 2 atom stereocenters. The van der Waals surface area contributed by atoms with Gasteiger partial charge in [0.05, 0.1) is 7.85 Å². The van der Waals surface area contributed by atoms with E-state index in [1.54, 1.807) is 0 Å². The summed E-state index contributed by atoms with van der Waals surface area (Å²) in [5.41, 5.74) is 0.380. The minimum Gasteiger partial charge on any atom is -0.143 e. The summed E-state index contributed by atoms with van der Waals surface area (Å²) in [4.78, 5) is 0. The number of hydrogen-bond acceptors (Lipinski definition) is 0. The Bertz CT molecular complexity index is 49.5. The van der Waals surface area contributed by atoms with Crippen molar-refractivity contribution in [2.45, 2.75) is 18.4 Å². The third-order valence-electron chi connectivity index (χ3n) is 1.17. The molecule has 0 heterocycles. The predicted octanol–water partition coefficient (Wildman–Crippen LogP) is 0.766. The van der Waals surface area contributed by atoms with Crippen molar-refractivity contribution in [1.82, 2.24) is 0 Å². The van der Waals surface area contributed by atoms with E-state index in [2.05, 4.69) is 9.24 Å². The van der Waals surface area contributed by atoms with Crippen LogP contribution in [0.25, 0.3) is 0 Å². The molecular formula is C4H8BP. The highest BCUT2D eigenvalue weighted by Gasteiger charge is 2.23. The van der Waals surface area contributed by atoms with Gasteiger partial charge in [-0.2, -0.15) is 0 Å². The number of hydrogen-bond donors (Lipinski definition) is 0. The summed E-state index contributed by atoms with van der Waals surface area (Å²) in [6, 6.07) is 0. The average molecular weight is 97.9 g/mol. The highest BCUT2D eigenvalue weighted by molar-refractivity contribution is 7.20. The van der Waals surface area contributed by atoms with Crippen LogP contribution in [-0.2, 0) is 0 Å². The predicted molar refractivity (Wildman–Crippen MR) is 32.0 cm³/mol. The van der Waals surface area contributed by atoms with Crippen molar-refractivity contribution in [2.24, 2.45) is 5.92 Å². The molecule has 2 heteroatoms. The normalized spacial score (nSPS) is 26.8. The molecule has 0 spiro atoms. The first-order valence-electron chi connectivity index (χ1n) is 2.32. The van der Waals surface area contributed by atoms with Crippen LogP contribution >= 0.6 is 9.24 Å². The second-order valence-corrected chi connectivity index (χ2v) is 2.68. The van der Waals surface area contributed by atoms with Crippen molar-refractivity contribution in [3.63, 3.8) is 0 Å². The third-order valence-corrected chi connectivity index (χ3v) is 1.71. The summed E-state index contributed by atoms with van der Waals surface area (Å²) in [6.07, 6.45) is 2.70. The van der Waals surface area contributed by atoms with Crippen LogP contribution in [0.3, 0.4) is 0 Å². The molecule has 0 nitrogen and oxygen atoms in total. The van der Waals surface area contributed by atoms with E-state index < -0.39 is 0 Å². The largest absolute Gasteiger partial charge is 0.143 e. The Morgan fingerprint density at radius 2 is 2.17 bits per heavy atom. The molecule has 0 aromatic heterocycles. The monoisotopic (exact) mass is 98.0 g/mol. The molecule has 2 unspecified atom stereocenters. The first kappa shape index (κ1) is 4.65. The molecule has 2 radical (unpaired) electrons. The van der Waals surface area contributed by atoms with E-state index in [0.29, 0.717) is 5.56 Å². The zero-order valence-electron chi connectivity index (χ0n) is 3.72. The molecule has 1 aliphatic carbocycles. The van der Waals surface area contributed by atoms with E-state index in [0.717, 1.165) is 5.92 Å². The van der Waals surface area contributed by atoms with Crippen LogP contribution in [-0.4, -0.2) is 13.4 Å². The van der Waals surface area contributed by atoms with Crippen LogP contribution in [0.1, 0.15) is 12.8 Å². The maximum absolute atomic E-state index is 5.46. The standard InChI is InChI=1S/C4H8BP/c5-4(6)3-1-2-3/h3-4H,1-2,6H2. The molecule has 0 N–H and O–H groups in total. The minimum absolute atomic E-state index is 0.380. The lowest BCUT2D eigenvalue weighted by molar-refractivity contribution is 0.944. The van der Waals surface area contributed by atoms with Crippen LogP contribution in [0.15, 0.2) is 0 Å². The summed E-state index contributed by atoms with van der Waals surface area (Å²) < 4.78 is 0. The highest BCUT2D eigenvalue weighted by Crippen LogP contribution is 2.34. The number of rotatable bonds is 1. The molecule has 1 fully saturated rings. The quantitative estimate of drug-likeness (QED) is 0.335. The van der Waals surface area contributed by atoms with Crippen LogP contribution in [0.5, 0.6) is 0 Å². The van der Waals surface area contributed by atoms with E-state index in [1.807, 2.05) is 0 Å². The van der Waals surface area contributed by atoms with Crippen molar-refractivity contribution in [1.29, 1.82) is 0 Å². The Balaban J connectivity index is 2.13. The van der Waals surface area contributed by atoms with Gasteiger partial charge in [0.2, 0.25) is 0 Å². The molecule has 0 aromatic rings. The van der Waals surface area contributed by atoms with Gasteiger partial charge in [-0.25, -0.2) is 0 Å². The van der Waals surface area contributed by atoms with E-state index >= 15 is 0 Å². The van der Waals surface area contributed by atoms with Gasteiger partial charge in [0.1, 0.15) is 0 Å². The summed E-state index contributed by atoms with van der Waals surface area (Å²) >= 11 is 0. The summed E-state index contributed by atoms with van der Waals surface area (Å²) in [6.45, 7) is 0. The average Bonchev–Trinajstić information content (AvgIpc) is 2.06. The SMILES string of the molecule is [B]C(P)C1CC1. The lowest BCUT2D eigenvalue weighted by Gasteiger charge is -1.94. The zero-order valence-corrected chi connectivity index (χ0v) is 4.88. The Morgan fingerprint density at radius 3 is 2.17 bits per heavy atom. The highest BCUT2D eigenvalue weighted by atomic mass is 31.0. The van der Waals surface area contributed by atoms with Gasteiger partial charge >= 0.3 is 0 Å². The Morgan fingerprint density at radius 1 is 1.67 bits per heavy atom. The molecule has 1 rings (SSSR count). The summed E-state index contributed by atoms with van der Waals surface area (Å²) in [5, 5.41) is 0. The lowest BCUT2D eigenvalue weighted by Crippen LogP contribution is -1.96. The molecular weight excluding hydrogens is 89.8 g/mol. The lowest BCUT2D eigenvalue weighted by atomic mass is 10.00. The third kappa shape index (κ3) is 0.977. The van der Waals surface area contributed by atoms with Crippen LogP contribution in [0, 0.1) is 5.92 Å². The van der Waals surface area contributed by atoms with Gasteiger partial charge in [0.25, 0.3) is 0 Å². The molecule has 0 aliphatic heterocycles. The van der Waals surface area contributed by atoms with Crippen LogP contribution < -0.4 is 0 Å². The van der Waals surface area contributed by atoms with E-state index in [1.165, 1.54) is 12.8 Å². The van der Waals surface area contributed by atoms with Crippen LogP contribution in [0.2, 0.25) is 0 Å². The van der Waals surface area contributed by atoms with Gasteiger partial charge in [-0.15, -0.1) is 9.24 Å². The fraction of sp³-hybridized carbons (Fsp3) is 1.00. The van der Waals surface area contributed by atoms with Gasteiger partial charge in [0.15, 0.2) is 0 Å². The fourth-order valence-corrected chi connectivity index (χ4v) is 0.866. The van der Waals surface area contributed by atoms with Crippen molar-refractivity contribution in [3.05, 3.63) is 0 Å². The fourth-order valence-electron chi connectivity index (χ4n) is 0.481.